The topological polar surface area (TPSA) is 26.0 Å². The third kappa shape index (κ3) is 1.98. The maximum Gasteiger partial charge on any atom is 0.278 e. The van der Waals surface area contributed by atoms with Gasteiger partial charge in [-0.25, -0.2) is 4.98 Å². The van der Waals surface area contributed by atoms with Crippen LogP contribution in [0.25, 0.3) is 33.1 Å². The Kier molecular flexibility index (Phi) is 2.76. The molecular formula is C19H14FNO. The van der Waals surface area contributed by atoms with Crippen LogP contribution in [0.5, 0.6) is 0 Å². The van der Waals surface area contributed by atoms with Crippen molar-refractivity contribution < 1.29 is 8.81 Å². The van der Waals surface area contributed by atoms with E-state index in [1.807, 2.05) is 38.1 Å². The Labute approximate surface area is 127 Å². The van der Waals surface area contributed by atoms with Gasteiger partial charge >= 0.3 is 0 Å². The summed E-state index contributed by atoms with van der Waals surface area (Å²) < 4.78 is 19.0. The number of pyridine rings is 1. The molecule has 2 nitrogen and oxygen atoms in total. The van der Waals surface area contributed by atoms with Gasteiger partial charge in [-0.15, -0.1) is 0 Å². The first-order valence-electron chi connectivity index (χ1n) is 7.18. The Bertz CT molecular complexity index is 996. The number of nitrogens with zero attached hydrogens (tertiary/aromatic N) is 1. The second kappa shape index (κ2) is 4.67. The standard InChI is InChI=1S/C19H14FNO/c1-11-7-12(2)9-13(8-11)18-15-10-17(20)22-19(15)14-5-3-4-6-16(14)21-18/h3-10H,1-2H3. The Morgan fingerprint density at radius 3 is 2.41 bits per heavy atom. The van der Waals surface area contributed by atoms with Gasteiger partial charge in [0.25, 0.3) is 6.01 Å². The average Bonchev–Trinajstić information content (AvgIpc) is 2.87. The molecule has 0 saturated heterocycles. The lowest BCUT2D eigenvalue weighted by atomic mass is 10.0. The van der Waals surface area contributed by atoms with Gasteiger partial charge in [0, 0.05) is 17.0 Å². The molecule has 4 rings (SSSR count). The van der Waals surface area contributed by atoms with Crippen molar-refractivity contribution in [1.29, 1.82) is 0 Å². The molecular weight excluding hydrogens is 277 g/mol. The van der Waals surface area contributed by atoms with Crippen LogP contribution in [0.4, 0.5) is 4.39 Å². The number of aromatic nitrogens is 1. The van der Waals surface area contributed by atoms with Gasteiger partial charge in [0.2, 0.25) is 0 Å². The lowest BCUT2D eigenvalue weighted by Crippen LogP contribution is -1.89. The second-order valence-electron chi connectivity index (χ2n) is 5.65. The minimum absolute atomic E-state index is 0.553. The summed E-state index contributed by atoms with van der Waals surface area (Å²) in [4.78, 5) is 4.74. The quantitative estimate of drug-likeness (QED) is 0.469. The van der Waals surface area contributed by atoms with E-state index in [2.05, 4.69) is 18.2 Å². The van der Waals surface area contributed by atoms with E-state index in [-0.39, 0.29) is 0 Å². The zero-order valence-electron chi connectivity index (χ0n) is 12.4. The van der Waals surface area contributed by atoms with E-state index in [0.29, 0.717) is 11.0 Å². The first-order valence-corrected chi connectivity index (χ1v) is 7.18. The van der Waals surface area contributed by atoms with Crippen LogP contribution in [0.1, 0.15) is 11.1 Å². The van der Waals surface area contributed by atoms with Crippen LogP contribution in [0.15, 0.2) is 52.9 Å². The van der Waals surface area contributed by atoms with Crippen molar-refractivity contribution in [2.75, 3.05) is 0 Å². The Morgan fingerprint density at radius 2 is 1.64 bits per heavy atom. The molecule has 0 N–H and O–H groups in total. The second-order valence-corrected chi connectivity index (χ2v) is 5.65. The van der Waals surface area contributed by atoms with Crippen molar-refractivity contribution in [3.63, 3.8) is 0 Å². The van der Waals surface area contributed by atoms with E-state index >= 15 is 0 Å². The van der Waals surface area contributed by atoms with Gasteiger partial charge in [-0.1, -0.05) is 29.3 Å². The SMILES string of the molecule is Cc1cc(C)cc(-c2nc3ccccc3c3oc(F)cc23)c1. The van der Waals surface area contributed by atoms with Crippen LogP contribution >= 0.6 is 0 Å². The molecule has 0 bridgehead atoms. The number of hydrogen-bond acceptors (Lipinski definition) is 2. The molecule has 2 aromatic carbocycles. The molecule has 0 radical (unpaired) electrons. The molecule has 0 fully saturated rings. The summed E-state index contributed by atoms with van der Waals surface area (Å²) in [6, 6.07) is 14.7. The van der Waals surface area contributed by atoms with Crippen LogP contribution in [0, 0.1) is 19.9 Å². The average molecular weight is 291 g/mol. The molecule has 4 aromatic rings. The fraction of sp³-hybridized carbons (Fsp3) is 0.105. The molecule has 0 unspecified atom stereocenters. The fourth-order valence-corrected chi connectivity index (χ4v) is 3.01. The normalized spacial score (nSPS) is 11.4. The molecule has 0 aliphatic heterocycles. The van der Waals surface area contributed by atoms with Gasteiger partial charge in [-0.2, -0.15) is 4.39 Å². The monoisotopic (exact) mass is 291 g/mol. The van der Waals surface area contributed by atoms with Crippen molar-refractivity contribution in [2.45, 2.75) is 13.8 Å². The summed E-state index contributed by atoms with van der Waals surface area (Å²) in [5.74, 6) is 0. The molecule has 0 amide bonds. The van der Waals surface area contributed by atoms with Gasteiger partial charge in [-0.3, -0.25) is 0 Å². The van der Waals surface area contributed by atoms with E-state index in [1.54, 1.807) is 0 Å². The van der Waals surface area contributed by atoms with Crippen molar-refractivity contribution in [2.24, 2.45) is 0 Å². The maximum atomic E-state index is 13.7. The summed E-state index contributed by atoms with van der Waals surface area (Å²) in [6.45, 7) is 4.09. The fourth-order valence-electron chi connectivity index (χ4n) is 3.01. The highest BCUT2D eigenvalue weighted by atomic mass is 19.1. The highest BCUT2D eigenvalue weighted by Crippen LogP contribution is 2.34. The van der Waals surface area contributed by atoms with Crippen LogP contribution in [-0.4, -0.2) is 4.98 Å². The summed E-state index contributed by atoms with van der Waals surface area (Å²) in [6.07, 6.45) is 0. The number of halogens is 1. The molecule has 2 aromatic heterocycles. The first-order chi connectivity index (χ1) is 10.6. The number of furan rings is 1. The molecule has 0 atom stereocenters. The lowest BCUT2D eigenvalue weighted by molar-refractivity contribution is 0.382. The van der Waals surface area contributed by atoms with E-state index in [9.17, 15) is 4.39 Å². The number of para-hydroxylation sites is 1. The minimum Gasteiger partial charge on any atom is -0.430 e. The maximum absolute atomic E-state index is 13.7. The predicted molar refractivity (Wildman–Crippen MR) is 86.4 cm³/mol. The van der Waals surface area contributed by atoms with Crippen LogP contribution < -0.4 is 0 Å². The van der Waals surface area contributed by atoms with Crippen molar-refractivity contribution in [3.8, 4) is 11.3 Å². The number of fused-ring (bicyclic) bond motifs is 3. The van der Waals surface area contributed by atoms with Crippen molar-refractivity contribution in [1.82, 2.24) is 4.98 Å². The van der Waals surface area contributed by atoms with E-state index in [4.69, 9.17) is 9.40 Å². The number of benzene rings is 2. The highest BCUT2D eigenvalue weighted by molar-refractivity contribution is 6.07. The van der Waals surface area contributed by atoms with Gasteiger partial charge in [0.15, 0.2) is 0 Å². The molecule has 2 heterocycles. The van der Waals surface area contributed by atoms with Crippen LogP contribution in [0.3, 0.4) is 0 Å². The lowest BCUT2D eigenvalue weighted by Gasteiger charge is -2.08. The van der Waals surface area contributed by atoms with Crippen LogP contribution in [-0.2, 0) is 0 Å². The minimum atomic E-state index is -0.584. The van der Waals surface area contributed by atoms with Gasteiger partial charge in [-0.05, 0) is 38.1 Å². The highest BCUT2D eigenvalue weighted by Gasteiger charge is 2.15. The summed E-state index contributed by atoms with van der Waals surface area (Å²) in [5.41, 5.74) is 5.40. The van der Waals surface area contributed by atoms with Crippen molar-refractivity contribution in [3.05, 3.63) is 65.7 Å². The third-order valence-electron chi connectivity index (χ3n) is 3.83. The van der Waals surface area contributed by atoms with Gasteiger partial charge in [0.05, 0.1) is 16.6 Å². The van der Waals surface area contributed by atoms with E-state index < -0.39 is 6.01 Å². The molecule has 108 valence electrons. The molecule has 0 saturated carbocycles. The first kappa shape index (κ1) is 13.0. The zero-order valence-corrected chi connectivity index (χ0v) is 12.4. The Morgan fingerprint density at radius 1 is 0.909 bits per heavy atom. The Hall–Kier alpha value is -2.68. The zero-order chi connectivity index (χ0) is 15.3. The molecule has 0 spiro atoms. The molecule has 3 heteroatoms. The van der Waals surface area contributed by atoms with Crippen LogP contribution in [0.2, 0.25) is 0 Å². The molecule has 0 aliphatic rings. The van der Waals surface area contributed by atoms with Gasteiger partial charge < -0.3 is 4.42 Å². The predicted octanol–water partition coefficient (Wildman–Crippen LogP) is 5.40. The number of aryl methyl sites for hydroxylation is 2. The third-order valence-corrected chi connectivity index (χ3v) is 3.83. The largest absolute Gasteiger partial charge is 0.430 e. The summed E-state index contributed by atoms with van der Waals surface area (Å²) >= 11 is 0. The smallest absolute Gasteiger partial charge is 0.278 e. The van der Waals surface area contributed by atoms with E-state index in [1.165, 1.54) is 6.07 Å². The summed E-state index contributed by atoms with van der Waals surface area (Å²) in [5, 5.41) is 1.54. The number of rotatable bonds is 1. The molecule has 22 heavy (non-hydrogen) atoms. The Balaban J connectivity index is 2.15. The van der Waals surface area contributed by atoms with E-state index in [0.717, 1.165) is 33.3 Å². The number of hydrogen-bond donors (Lipinski definition) is 0. The van der Waals surface area contributed by atoms with Gasteiger partial charge in [0.1, 0.15) is 5.58 Å². The van der Waals surface area contributed by atoms with Crippen molar-refractivity contribution >= 4 is 21.9 Å². The summed E-state index contributed by atoms with van der Waals surface area (Å²) in [7, 11) is 0. The molecule has 0 aliphatic carbocycles.